The fraction of sp³-hybridized carbons (Fsp3) is 0.538. The zero-order valence-corrected chi connectivity index (χ0v) is 10.3. The van der Waals surface area contributed by atoms with Gasteiger partial charge in [0.15, 0.2) is 5.76 Å². The maximum atomic E-state index is 11.0. The van der Waals surface area contributed by atoms with Crippen LogP contribution in [-0.2, 0) is 9.63 Å². The van der Waals surface area contributed by atoms with Crippen LogP contribution in [0.4, 0.5) is 0 Å². The fourth-order valence-electron chi connectivity index (χ4n) is 2.21. The van der Waals surface area contributed by atoms with Crippen molar-refractivity contribution < 1.29 is 19.2 Å². The van der Waals surface area contributed by atoms with E-state index >= 15 is 0 Å². The van der Waals surface area contributed by atoms with Crippen LogP contribution in [0, 0.1) is 5.92 Å². The molecule has 1 aliphatic heterocycles. The molecule has 1 N–H and O–H groups in total. The Morgan fingerprint density at radius 2 is 2.28 bits per heavy atom. The maximum absolute atomic E-state index is 11.0. The minimum absolute atomic E-state index is 0.232. The third kappa shape index (κ3) is 1.70. The Labute approximate surface area is 104 Å². The molecule has 2 aliphatic rings. The quantitative estimate of drug-likeness (QED) is 0.892. The fourth-order valence-corrected chi connectivity index (χ4v) is 2.21. The van der Waals surface area contributed by atoms with Crippen molar-refractivity contribution in [2.45, 2.75) is 38.2 Å². The topological polar surface area (TPSA) is 72.0 Å². The Morgan fingerprint density at radius 3 is 2.83 bits per heavy atom. The minimum Gasteiger partial charge on any atom is -0.478 e. The van der Waals surface area contributed by atoms with Gasteiger partial charge in [-0.1, -0.05) is 12.1 Å². The molecule has 1 aliphatic carbocycles. The van der Waals surface area contributed by atoms with Crippen LogP contribution in [0.5, 0.6) is 0 Å². The second kappa shape index (κ2) is 3.60. The van der Waals surface area contributed by atoms with Crippen molar-refractivity contribution in [2.24, 2.45) is 11.1 Å². The second-order valence-corrected chi connectivity index (χ2v) is 5.36. The number of nitrogens with zero attached hydrogens (tertiary/aromatic N) is 1. The van der Waals surface area contributed by atoms with Crippen LogP contribution in [0.1, 0.15) is 44.1 Å². The molecule has 5 nitrogen and oxygen atoms in total. The molecule has 1 aromatic heterocycles. The Kier molecular flexibility index (Phi) is 2.27. The normalized spacial score (nSPS) is 34.0. The molecular weight excluding hydrogens is 234 g/mol. The molecule has 1 saturated carbocycles. The van der Waals surface area contributed by atoms with E-state index in [4.69, 9.17) is 14.4 Å². The molecule has 3 unspecified atom stereocenters. The molecule has 0 radical (unpaired) electrons. The van der Waals surface area contributed by atoms with Gasteiger partial charge in [-0.3, -0.25) is 0 Å². The van der Waals surface area contributed by atoms with E-state index < -0.39 is 11.6 Å². The average molecular weight is 249 g/mol. The summed E-state index contributed by atoms with van der Waals surface area (Å²) in [7, 11) is 0. The highest BCUT2D eigenvalue weighted by atomic mass is 16.7. The Bertz CT molecular complexity index is 533. The first kappa shape index (κ1) is 11.3. The first-order valence-corrected chi connectivity index (χ1v) is 6.08. The van der Waals surface area contributed by atoms with Crippen LogP contribution in [0.25, 0.3) is 0 Å². The van der Waals surface area contributed by atoms with Crippen molar-refractivity contribution >= 4 is 11.7 Å². The molecule has 0 spiro atoms. The summed E-state index contributed by atoms with van der Waals surface area (Å²) in [6, 6.07) is 3.79. The van der Waals surface area contributed by atoms with Crippen molar-refractivity contribution in [1.82, 2.24) is 0 Å². The van der Waals surface area contributed by atoms with Gasteiger partial charge in [0.1, 0.15) is 11.5 Å². The summed E-state index contributed by atoms with van der Waals surface area (Å²) in [5, 5.41) is 12.9. The van der Waals surface area contributed by atoms with Gasteiger partial charge in [0.2, 0.25) is 5.60 Å². The number of oxime groups is 1. The van der Waals surface area contributed by atoms with E-state index in [0.29, 0.717) is 23.3 Å². The Balaban J connectivity index is 1.77. The summed E-state index contributed by atoms with van der Waals surface area (Å²) >= 11 is 0. The van der Waals surface area contributed by atoms with Crippen molar-refractivity contribution in [3.8, 4) is 0 Å². The lowest BCUT2D eigenvalue weighted by Gasteiger charge is -2.14. The number of hydrogen-bond acceptors (Lipinski definition) is 4. The van der Waals surface area contributed by atoms with Crippen LogP contribution in [0.15, 0.2) is 21.7 Å². The summed E-state index contributed by atoms with van der Waals surface area (Å²) in [5.74, 6) is 1.75. The summed E-state index contributed by atoms with van der Waals surface area (Å²) < 4.78 is 5.73. The Hall–Kier alpha value is -1.78. The predicted molar refractivity (Wildman–Crippen MR) is 63.5 cm³/mol. The molecule has 96 valence electrons. The largest absolute Gasteiger partial charge is 0.478 e. The number of furan rings is 1. The molecular formula is C13H15NO4. The summed E-state index contributed by atoms with van der Waals surface area (Å²) in [6.07, 6.45) is 1.39. The zero-order chi connectivity index (χ0) is 12.9. The highest BCUT2D eigenvalue weighted by Gasteiger charge is 2.43. The summed E-state index contributed by atoms with van der Waals surface area (Å²) in [4.78, 5) is 16.0. The summed E-state index contributed by atoms with van der Waals surface area (Å²) in [5.41, 5.74) is -0.700. The van der Waals surface area contributed by atoms with Gasteiger partial charge < -0.3 is 14.4 Å². The molecule has 5 heteroatoms. The molecule has 1 aromatic rings. The van der Waals surface area contributed by atoms with Gasteiger partial charge in [0, 0.05) is 5.92 Å². The smallest absolute Gasteiger partial charge is 0.351 e. The Morgan fingerprint density at radius 1 is 1.56 bits per heavy atom. The number of hydrogen-bond donors (Lipinski definition) is 1. The molecule has 3 rings (SSSR count). The molecule has 2 heterocycles. The molecule has 3 atom stereocenters. The van der Waals surface area contributed by atoms with Gasteiger partial charge in [-0.15, -0.1) is 0 Å². The highest BCUT2D eigenvalue weighted by Crippen LogP contribution is 2.47. The number of carboxylic acids is 1. The third-order valence-electron chi connectivity index (χ3n) is 3.70. The van der Waals surface area contributed by atoms with Gasteiger partial charge in [-0.2, -0.15) is 0 Å². The molecule has 0 amide bonds. The van der Waals surface area contributed by atoms with E-state index in [1.807, 2.05) is 12.1 Å². The lowest BCUT2D eigenvalue weighted by atomic mass is 9.99. The van der Waals surface area contributed by atoms with Gasteiger partial charge in [0.25, 0.3) is 0 Å². The predicted octanol–water partition coefficient (Wildman–Crippen LogP) is 2.37. The van der Waals surface area contributed by atoms with Crippen LogP contribution >= 0.6 is 0 Å². The maximum Gasteiger partial charge on any atom is 0.351 e. The molecule has 0 aromatic carbocycles. The van der Waals surface area contributed by atoms with E-state index in [-0.39, 0.29) is 6.42 Å². The summed E-state index contributed by atoms with van der Waals surface area (Å²) in [6.45, 7) is 3.70. The third-order valence-corrected chi connectivity index (χ3v) is 3.70. The minimum atomic E-state index is -1.27. The van der Waals surface area contributed by atoms with Gasteiger partial charge in [0.05, 0.1) is 6.42 Å². The lowest BCUT2D eigenvalue weighted by molar-refractivity contribution is -0.160. The standard InChI is InChI=1S/C13H15NO4/c1-7-5-8(7)10-3-4-11(17-10)9-6-13(2,12(15)16)18-14-9/h3-4,7-8H,5-6H2,1-2H3,(H,15,16). The van der Waals surface area contributed by atoms with Crippen molar-refractivity contribution in [3.63, 3.8) is 0 Å². The first-order valence-electron chi connectivity index (χ1n) is 6.08. The molecule has 1 fully saturated rings. The monoisotopic (exact) mass is 249 g/mol. The second-order valence-electron chi connectivity index (χ2n) is 5.36. The van der Waals surface area contributed by atoms with E-state index in [2.05, 4.69) is 12.1 Å². The van der Waals surface area contributed by atoms with Crippen LogP contribution in [0.2, 0.25) is 0 Å². The van der Waals surface area contributed by atoms with Crippen molar-refractivity contribution in [3.05, 3.63) is 23.7 Å². The van der Waals surface area contributed by atoms with Crippen molar-refractivity contribution in [2.75, 3.05) is 0 Å². The van der Waals surface area contributed by atoms with E-state index in [1.54, 1.807) is 0 Å². The molecule has 0 saturated heterocycles. The van der Waals surface area contributed by atoms with Gasteiger partial charge in [-0.05, 0) is 31.4 Å². The number of carboxylic acid groups (broad SMARTS) is 1. The number of rotatable bonds is 3. The van der Waals surface area contributed by atoms with Crippen LogP contribution < -0.4 is 0 Å². The van der Waals surface area contributed by atoms with E-state index in [0.717, 1.165) is 12.2 Å². The van der Waals surface area contributed by atoms with Gasteiger partial charge >= 0.3 is 5.97 Å². The van der Waals surface area contributed by atoms with Gasteiger partial charge in [-0.25, -0.2) is 4.79 Å². The van der Waals surface area contributed by atoms with Crippen molar-refractivity contribution in [1.29, 1.82) is 0 Å². The van der Waals surface area contributed by atoms with Crippen LogP contribution in [-0.4, -0.2) is 22.4 Å². The SMILES string of the molecule is CC1CC1c1ccc(C2=NOC(C)(C(=O)O)C2)o1. The molecule has 18 heavy (non-hydrogen) atoms. The number of carbonyl (C=O) groups is 1. The lowest BCUT2D eigenvalue weighted by Crippen LogP contribution is -2.35. The highest BCUT2D eigenvalue weighted by molar-refractivity contribution is 6.02. The number of aliphatic carboxylic acids is 1. The zero-order valence-electron chi connectivity index (χ0n) is 10.3. The average Bonchev–Trinajstić information content (AvgIpc) is 2.79. The van der Waals surface area contributed by atoms with E-state index in [1.165, 1.54) is 6.92 Å². The van der Waals surface area contributed by atoms with Crippen LogP contribution in [0.3, 0.4) is 0 Å². The van der Waals surface area contributed by atoms with E-state index in [9.17, 15) is 4.79 Å². The molecule has 0 bridgehead atoms. The first-order chi connectivity index (χ1) is 8.49.